The molecule has 0 aliphatic carbocycles. The summed E-state index contributed by atoms with van der Waals surface area (Å²) in [6.45, 7) is 0.211. The van der Waals surface area contributed by atoms with E-state index in [1.54, 1.807) is 30.5 Å². The summed E-state index contributed by atoms with van der Waals surface area (Å²) in [5, 5.41) is 52.8. The number of aliphatic carboxylic acids is 4. The number of rotatable bonds is 36. The summed E-state index contributed by atoms with van der Waals surface area (Å²) in [5.41, 5.74) is 1.55. The molecule has 1 saturated heterocycles. The summed E-state index contributed by atoms with van der Waals surface area (Å²) in [5.74, 6) is -12.2. The number of nitrogens with one attached hydrogen (secondary N) is 7. The Morgan fingerprint density at radius 2 is 1.09 bits per heavy atom. The van der Waals surface area contributed by atoms with Gasteiger partial charge in [0.2, 0.25) is 33.7 Å². The van der Waals surface area contributed by atoms with Gasteiger partial charge in [-0.25, -0.2) is 13.4 Å². The molecular weight excluding hydrogens is 1260 g/mol. The Morgan fingerprint density at radius 3 is 1.57 bits per heavy atom. The minimum atomic E-state index is -5.11. The maximum atomic E-state index is 13.6. The number of benzene rings is 2. The molecule has 504 valence electrons. The molecule has 1 aliphatic heterocycles. The van der Waals surface area contributed by atoms with Gasteiger partial charge in [-0.1, -0.05) is 18.2 Å². The Labute approximate surface area is 525 Å². The van der Waals surface area contributed by atoms with E-state index in [-0.39, 0.29) is 106 Å². The van der Waals surface area contributed by atoms with Crippen LogP contribution in [0.1, 0.15) is 46.3 Å². The molecule has 4 rings (SSSR count). The first-order chi connectivity index (χ1) is 42.7. The van der Waals surface area contributed by atoms with Crippen LogP contribution in [0.25, 0.3) is 0 Å². The largest absolute Gasteiger partial charge is 0.494 e. The number of aryl methyl sites for hydroxylation is 3. The van der Waals surface area contributed by atoms with E-state index in [1.165, 1.54) is 45.6 Å². The van der Waals surface area contributed by atoms with E-state index in [0.29, 0.717) is 13.0 Å². The fraction of sp³-hybridized carbons (Fsp3) is 0.519. The van der Waals surface area contributed by atoms with Gasteiger partial charge in [0.05, 0.1) is 37.7 Å². The number of anilines is 1. The first kappa shape index (κ1) is 75.4. The van der Waals surface area contributed by atoms with E-state index < -0.39 is 153 Å². The third-order valence-corrected chi connectivity index (χ3v) is 16.9. The van der Waals surface area contributed by atoms with E-state index in [4.69, 9.17) is 4.74 Å². The van der Waals surface area contributed by atoms with Crippen LogP contribution < -0.4 is 41.4 Å². The van der Waals surface area contributed by atoms with Gasteiger partial charge in [0.15, 0.2) is 0 Å². The second kappa shape index (κ2) is 36.7. The van der Waals surface area contributed by atoms with E-state index in [9.17, 15) is 97.9 Å². The number of sulfonamides is 1. The minimum absolute atomic E-state index is 0.0327. The monoisotopic (exact) mass is 1340 g/mol. The van der Waals surface area contributed by atoms with E-state index in [2.05, 4.69) is 36.3 Å². The average molecular weight is 1340 g/mol. The van der Waals surface area contributed by atoms with E-state index in [0.717, 1.165) is 17.8 Å². The lowest BCUT2D eigenvalue weighted by Crippen LogP contribution is -2.58. The summed E-state index contributed by atoms with van der Waals surface area (Å²) < 4.78 is 103. The van der Waals surface area contributed by atoms with Crippen LogP contribution in [-0.4, -0.2) is 274 Å². The highest BCUT2D eigenvalue weighted by Crippen LogP contribution is 2.26. The molecule has 0 bridgehead atoms. The fourth-order valence-electron chi connectivity index (χ4n) is 9.25. The number of hydrogen-bond donors (Lipinski definition) is 13. The fourth-order valence-corrected chi connectivity index (χ4v) is 12.2. The second-order valence-electron chi connectivity index (χ2n) is 21.1. The summed E-state index contributed by atoms with van der Waals surface area (Å²) in [6, 6.07) is 8.88. The molecule has 0 saturated carbocycles. The summed E-state index contributed by atoms with van der Waals surface area (Å²) in [4.78, 5) is 123. The lowest BCUT2D eigenvalue weighted by Gasteiger charge is -2.33. The first-order valence-electron chi connectivity index (χ1n) is 28.4. The Balaban J connectivity index is 1.26. The lowest BCUT2D eigenvalue weighted by atomic mass is 10.1. The standard InChI is InChI=1S/C54H78N12O22S3/c1-36-27-40(28-37(2)50(36)91(86,87)62-41(54(78)79)29-59-51(75)39-12-10-38(11-13-39)7-5-15-56-44-8-3-4-14-55-44)88-26-6-9-45(67)57-16-17-58-52(76)42(34-89(80,81)82)61-53(77)43(35-90(83,84)85)60-46(68)30-63-18-20-64(31-47(69)70)22-24-66(33-49(73)74)25-23-65(21-19-63)32-48(71)72/h3-4,8,10-14,27-28,41-43,62H,5-7,9,15-26,29-35H2,1-2H3,(H,55,56)(H,57,67)(H,58,76)(H,59,75)(H,60,68)(H,61,77)(H,69,70)(H,71,72)(H,73,74)(H,78,79)(H,80,81,82)(H,83,84,85)/t41?,42-,43-/m0/s1. The van der Waals surface area contributed by atoms with E-state index in [1.807, 2.05) is 23.5 Å². The third kappa shape index (κ3) is 29.7. The second-order valence-corrected chi connectivity index (χ2v) is 25.8. The van der Waals surface area contributed by atoms with Crippen LogP contribution in [0.2, 0.25) is 0 Å². The summed E-state index contributed by atoms with van der Waals surface area (Å²) in [6.07, 6.45) is 3.14. The zero-order valence-electron chi connectivity index (χ0n) is 49.9. The normalized spacial score (nSPS) is 15.3. The number of carbonyl (C=O) groups excluding carboxylic acids is 5. The molecule has 2 heterocycles. The number of nitrogens with zero attached hydrogens (tertiary/aromatic N) is 5. The van der Waals surface area contributed by atoms with Gasteiger partial charge in [0.1, 0.15) is 41.2 Å². The smallest absolute Gasteiger partial charge is 0.323 e. The SMILES string of the molecule is Cc1cc(OCCCC(=O)NCCNC(=O)[C@H](CS(=O)(=O)O)NC(=O)[C@H](CS(=O)(=O)O)NC(=O)CN2CCN(CC(=O)O)CCN(CC(=O)O)CCN(CC(=O)O)CC2)cc(C)c1S(=O)(=O)NC(CNC(=O)c1ccc(CCCNc2ccccn2)cc1)C(=O)O. The quantitative estimate of drug-likeness (QED) is 0.0199. The van der Waals surface area contributed by atoms with Crippen LogP contribution >= 0.6 is 0 Å². The molecule has 34 nitrogen and oxygen atoms in total. The van der Waals surface area contributed by atoms with Crippen molar-refractivity contribution >= 4 is 89.5 Å². The molecule has 37 heteroatoms. The van der Waals surface area contributed by atoms with Crippen LogP contribution in [0.5, 0.6) is 5.75 Å². The molecule has 0 radical (unpaired) electrons. The molecule has 5 amide bonds. The van der Waals surface area contributed by atoms with Crippen molar-refractivity contribution in [2.75, 3.05) is 128 Å². The topological polar surface area (TPSA) is 497 Å². The third-order valence-electron chi connectivity index (χ3n) is 13.6. The lowest BCUT2D eigenvalue weighted by molar-refractivity contribution is -0.140. The number of carbonyl (C=O) groups is 9. The van der Waals surface area contributed by atoms with Gasteiger partial charge in [0, 0.05) is 96.7 Å². The number of pyridine rings is 1. The van der Waals surface area contributed by atoms with Crippen molar-refractivity contribution < 1.29 is 103 Å². The number of hydrogen-bond acceptors (Lipinski definition) is 22. The molecule has 1 aromatic heterocycles. The zero-order chi connectivity index (χ0) is 67.5. The highest BCUT2D eigenvalue weighted by atomic mass is 32.2. The molecule has 2 aromatic carbocycles. The van der Waals surface area contributed by atoms with Crippen molar-refractivity contribution in [2.45, 2.75) is 62.6 Å². The Kier molecular flexibility index (Phi) is 30.5. The number of aromatic nitrogens is 1. The van der Waals surface area contributed by atoms with Crippen molar-refractivity contribution in [3.05, 3.63) is 83.0 Å². The highest BCUT2D eigenvalue weighted by Gasteiger charge is 2.34. The van der Waals surface area contributed by atoms with Gasteiger partial charge in [-0.05, 0) is 86.2 Å². The number of ether oxygens (including phenoxy) is 1. The van der Waals surface area contributed by atoms with Crippen LogP contribution in [-0.2, 0) is 75.0 Å². The summed E-state index contributed by atoms with van der Waals surface area (Å²) >= 11 is 0. The molecule has 0 spiro atoms. The van der Waals surface area contributed by atoms with Crippen LogP contribution in [0.3, 0.4) is 0 Å². The van der Waals surface area contributed by atoms with Crippen molar-refractivity contribution in [3.8, 4) is 5.75 Å². The maximum Gasteiger partial charge on any atom is 0.323 e. The van der Waals surface area contributed by atoms with Gasteiger partial charge < -0.3 is 57.1 Å². The van der Waals surface area contributed by atoms with Crippen LogP contribution in [0, 0.1) is 13.8 Å². The van der Waals surface area contributed by atoms with Crippen molar-refractivity contribution in [3.63, 3.8) is 0 Å². The predicted molar refractivity (Wildman–Crippen MR) is 324 cm³/mol. The first-order valence-corrected chi connectivity index (χ1v) is 33.1. The maximum absolute atomic E-state index is 13.6. The number of carboxylic acids is 4. The number of carboxylic acid groups (broad SMARTS) is 4. The summed E-state index contributed by atoms with van der Waals surface area (Å²) in [7, 11) is -14.7. The van der Waals surface area contributed by atoms with Gasteiger partial charge in [-0.3, -0.25) is 71.9 Å². The Bertz CT molecular complexity index is 3290. The Hall–Kier alpha value is -8.01. The van der Waals surface area contributed by atoms with Crippen LogP contribution in [0.4, 0.5) is 5.82 Å². The Morgan fingerprint density at radius 1 is 0.582 bits per heavy atom. The minimum Gasteiger partial charge on any atom is -0.494 e. The highest BCUT2D eigenvalue weighted by molar-refractivity contribution is 7.89. The molecule has 91 heavy (non-hydrogen) atoms. The molecular formula is C54H78N12O22S3. The van der Waals surface area contributed by atoms with Gasteiger partial charge in [0.25, 0.3) is 26.1 Å². The number of amides is 5. The van der Waals surface area contributed by atoms with Gasteiger partial charge in [-0.15, -0.1) is 0 Å². The average Bonchev–Trinajstić information content (AvgIpc) is 0.836. The molecule has 1 unspecified atom stereocenters. The molecule has 3 atom stereocenters. The zero-order valence-corrected chi connectivity index (χ0v) is 52.4. The van der Waals surface area contributed by atoms with Gasteiger partial charge >= 0.3 is 23.9 Å². The molecule has 3 aromatic rings. The van der Waals surface area contributed by atoms with Crippen LogP contribution in [0.15, 0.2) is 65.7 Å². The van der Waals surface area contributed by atoms with Crippen molar-refractivity contribution in [1.29, 1.82) is 0 Å². The molecule has 13 N–H and O–H groups in total. The molecule has 1 fully saturated rings. The predicted octanol–water partition coefficient (Wildman–Crippen LogP) is -3.48. The van der Waals surface area contributed by atoms with Crippen molar-refractivity contribution in [1.82, 2.24) is 55.9 Å². The van der Waals surface area contributed by atoms with Gasteiger partial charge in [-0.2, -0.15) is 21.6 Å². The van der Waals surface area contributed by atoms with Crippen molar-refractivity contribution in [2.24, 2.45) is 0 Å². The molecule has 1 aliphatic rings. The van der Waals surface area contributed by atoms with E-state index >= 15 is 0 Å².